The summed E-state index contributed by atoms with van der Waals surface area (Å²) in [6.07, 6.45) is 2.97. The Morgan fingerprint density at radius 3 is 2.59 bits per heavy atom. The zero-order valence-corrected chi connectivity index (χ0v) is 16.1. The maximum Gasteiger partial charge on any atom is 0.308 e. The third-order valence-corrected chi connectivity index (χ3v) is 4.36. The summed E-state index contributed by atoms with van der Waals surface area (Å²) in [6.45, 7) is 6.95. The number of benzene rings is 1. The molecule has 1 aromatic carbocycles. The number of quaternary nitrogens is 1. The number of carbonyl (C=O) groups excluding carboxylic acids is 1. The lowest BCUT2D eigenvalue weighted by Gasteiger charge is -2.34. The molecular weight excluding hydrogens is 391 g/mol. The number of nitrogens with zero attached hydrogens (tertiary/aromatic N) is 1. The van der Waals surface area contributed by atoms with Crippen LogP contribution in [0, 0.1) is 0 Å². The summed E-state index contributed by atoms with van der Waals surface area (Å²) >= 11 is 0. The van der Waals surface area contributed by atoms with E-state index in [1.165, 1.54) is 12.5 Å². The molecule has 1 heterocycles. The van der Waals surface area contributed by atoms with Gasteiger partial charge in [-0.2, -0.15) is 0 Å². The van der Waals surface area contributed by atoms with Crippen LogP contribution in [0.1, 0.15) is 26.3 Å². The molecule has 1 aromatic heterocycles. The predicted octanol–water partition coefficient (Wildman–Crippen LogP) is 0.125. The van der Waals surface area contributed by atoms with Crippen molar-refractivity contribution in [2.24, 2.45) is 0 Å². The lowest BCUT2D eigenvalue weighted by molar-refractivity contribution is -0.910. The standard InChI is InChI=1S/C17H25N2O2.HI/c1-12(2)19(4,5)10-9-14-11-18-15-7-6-8-16(17(14)15)21-13(3)20;/h6-8,11-12,18H,9-10H2,1-5H3;1H/q+1;/p-1. The number of esters is 1. The highest BCUT2D eigenvalue weighted by molar-refractivity contribution is 5.91. The molecule has 0 bridgehead atoms. The van der Waals surface area contributed by atoms with Crippen molar-refractivity contribution < 1.29 is 38.0 Å². The van der Waals surface area contributed by atoms with Gasteiger partial charge in [-0.25, -0.2) is 0 Å². The molecule has 4 nitrogen and oxygen atoms in total. The molecule has 5 heteroatoms. The molecule has 0 spiro atoms. The third-order valence-electron chi connectivity index (χ3n) is 4.36. The number of aromatic amines is 1. The number of ether oxygens (including phenoxy) is 1. The topological polar surface area (TPSA) is 42.1 Å². The Bertz CT molecular complexity index is 647. The summed E-state index contributed by atoms with van der Waals surface area (Å²) in [4.78, 5) is 14.5. The average molecular weight is 416 g/mol. The van der Waals surface area contributed by atoms with Gasteiger partial charge in [0.2, 0.25) is 0 Å². The smallest absolute Gasteiger partial charge is 0.308 e. The third kappa shape index (κ3) is 4.23. The molecule has 22 heavy (non-hydrogen) atoms. The summed E-state index contributed by atoms with van der Waals surface area (Å²) in [5.41, 5.74) is 2.22. The molecule has 2 aromatic rings. The highest BCUT2D eigenvalue weighted by Crippen LogP contribution is 2.29. The van der Waals surface area contributed by atoms with Crippen molar-refractivity contribution in [1.29, 1.82) is 0 Å². The lowest BCUT2D eigenvalue weighted by atomic mass is 10.1. The molecule has 1 N–H and O–H groups in total. The van der Waals surface area contributed by atoms with Crippen molar-refractivity contribution in [1.82, 2.24) is 4.98 Å². The van der Waals surface area contributed by atoms with Gasteiger partial charge >= 0.3 is 5.97 Å². The van der Waals surface area contributed by atoms with Gasteiger partial charge in [-0.05, 0) is 31.5 Å². The number of carbonyl (C=O) groups is 1. The van der Waals surface area contributed by atoms with Crippen molar-refractivity contribution in [2.45, 2.75) is 33.2 Å². The minimum atomic E-state index is -0.284. The van der Waals surface area contributed by atoms with E-state index in [4.69, 9.17) is 4.74 Å². The maximum atomic E-state index is 11.3. The van der Waals surface area contributed by atoms with E-state index < -0.39 is 0 Å². The van der Waals surface area contributed by atoms with Crippen LogP contribution >= 0.6 is 0 Å². The van der Waals surface area contributed by atoms with E-state index in [0.29, 0.717) is 11.8 Å². The number of halogens is 1. The number of nitrogens with one attached hydrogen (secondary N) is 1. The van der Waals surface area contributed by atoms with Gasteiger partial charge in [0.05, 0.1) is 26.7 Å². The van der Waals surface area contributed by atoms with Gasteiger partial charge in [-0.15, -0.1) is 0 Å². The van der Waals surface area contributed by atoms with E-state index in [0.717, 1.165) is 28.4 Å². The lowest BCUT2D eigenvalue weighted by Crippen LogP contribution is -3.00. The van der Waals surface area contributed by atoms with Gasteiger partial charge in [-0.3, -0.25) is 4.79 Å². The minimum absolute atomic E-state index is 0. The number of fused-ring (bicyclic) bond motifs is 1. The molecule has 0 saturated heterocycles. The van der Waals surface area contributed by atoms with E-state index in [1.54, 1.807) is 0 Å². The van der Waals surface area contributed by atoms with E-state index in [9.17, 15) is 4.79 Å². The highest BCUT2D eigenvalue weighted by Gasteiger charge is 2.21. The summed E-state index contributed by atoms with van der Waals surface area (Å²) in [7, 11) is 4.49. The van der Waals surface area contributed by atoms with Crippen LogP contribution in [0.25, 0.3) is 10.9 Å². The molecule has 2 rings (SSSR count). The minimum Gasteiger partial charge on any atom is -1.00 e. The number of likely N-dealkylation sites (N-methyl/N-ethyl adjacent to an activating group) is 1. The average Bonchev–Trinajstić information content (AvgIpc) is 2.80. The quantitative estimate of drug-likeness (QED) is 0.326. The second-order valence-electron chi connectivity index (χ2n) is 6.43. The molecule has 0 amide bonds. The van der Waals surface area contributed by atoms with Crippen LogP contribution < -0.4 is 28.7 Å². The Hall–Kier alpha value is -1.08. The van der Waals surface area contributed by atoms with Gasteiger partial charge in [0.1, 0.15) is 5.75 Å². The van der Waals surface area contributed by atoms with Crippen molar-refractivity contribution in [3.05, 3.63) is 30.0 Å². The summed E-state index contributed by atoms with van der Waals surface area (Å²) < 4.78 is 6.30. The molecular formula is C17H25IN2O2. The highest BCUT2D eigenvalue weighted by atomic mass is 127. The first-order valence-corrected chi connectivity index (χ1v) is 7.41. The Labute approximate surface area is 149 Å². The first kappa shape index (κ1) is 19.0. The van der Waals surface area contributed by atoms with Gasteiger partial charge in [-0.1, -0.05) is 6.07 Å². The second-order valence-corrected chi connectivity index (χ2v) is 6.43. The SMILES string of the molecule is CC(=O)Oc1cccc2[nH]cc(CC[N+](C)(C)C(C)C)c12.[I-]. The van der Waals surface area contributed by atoms with Crippen molar-refractivity contribution in [3.8, 4) is 5.75 Å². The molecule has 0 radical (unpaired) electrons. The van der Waals surface area contributed by atoms with Crippen LogP contribution in [0.5, 0.6) is 5.75 Å². The fourth-order valence-electron chi connectivity index (χ4n) is 2.32. The zero-order chi connectivity index (χ0) is 15.6. The summed E-state index contributed by atoms with van der Waals surface area (Å²) in [5.74, 6) is 0.360. The van der Waals surface area contributed by atoms with Crippen LogP contribution in [0.2, 0.25) is 0 Å². The maximum absolute atomic E-state index is 11.3. The van der Waals surface area contributed by atoms with Crippen LogP contribution in [0.3, 0.4) is 0 Å². The Morgan fingerprint density at radius 2 is 2.00 bits per heavy atom. The molecule has 122 valence electrons. The van der Waals surface area contributed by atoms with Crippen molar-refractivity contribution in [3.63, 3.8) is 0 Å². The fraction of sp³-hybridized carbons (Fsp3) is 0.471. The summed E-state index contributed by atoms with van der Waals surface area (Å²) in [5, 5.41) is 1.02. The van der Waals surface area contributed by atoms with Crippen LogP contribution in [0.4, 0.5) is 0 Å². The van der Waals surface area contributed by atoms with E-state index in [-0.39, 0.29) is 29.9 Å². The normalized spacial score (nSPS) is 11.5. The zero-order valence-electron chi connectivity index (χ0n) is 13.9. The van der Waals surface area contributed by atoms with E-state index in [1.807, 2.05) is 24.4 Å². The Balaban J connectivity index is 0.00000242. The van der Waals surface area contributed by atoms with Gasteiger partial charge < -0.3 is 38.2 Å². The van der Waals surface area contributed by atoms with Crippen LogP contribution in [-0.2, 0) is 11.2 Å². The molecule has 0 saturated carbocycles. The fourth-order valence-corrected chi connectivity index (χ4v) is 2.32. The molecule has 0 aliphatic heterocycles. The monoisotopic (exact) mass is 416 g/mol. The first-order chi connectivity index (χ1) is 9.81. The van der Waals surface area contributed by atoms with Crippen LogP contribution in [-0.4, -0.2) is 42.1 Å². The number of rotatable bonds is 5. The first-order valence-electron chi connectivity index (χ1n) is 7.41. The predicted molar refractivity (Wildman–Crippen MR) is 85.4 cm³/mol. The van der Waals surface area contributed by atoms with E-state index in [2.05, 4.69) is 32.9 Å². The molecule has 0 atom stereocenters. The van der Waals surface area contributed by atoms with Crippen molar-refractivity contribution >= 4 is 16.9 Å². The second kappa shape index (κ2) is 7.46. The molecule has 0 aliphatic rings. The Morgan fingerprint density at radius 1 is 1.32 bits per heavy atom. The number of hydrogen-bond acceptors (Lipinski definition) is 2. The van der Waals surface area contributed by atoms with Gasteiger partial charge in [0.25, 0.3) is 0 Å². The molecule has 0 fully saturated rings. The largest absolute Gasteiger partial charge is 1.00 e. The number of hydrogen-bond donors (Lipinski definition) is 1. The summed E-state index contributed by atoms with van der Waals surface area (Å²) in [6, 6.07) is 6.33. The van der Waals surface area contributed by atoms with Gasteiger partial charge in [0, 0.05) is 30.4 Å². The van der Waals surface area contributed by atoms with Gasteiger partial charge in [0.15, 0.2) is 0 Å². The van der Waals surface area contributed by atoms with Crippen LogP contribution in [0.15, 0.2) is 24.4 Å². The number of H-pyrrole nitrogens is 1. The van der Waals surface area contributed by atoms with Crippen molar-refractivity contribution in [2.75, 3.05) is 20.6 Å². The number of aromatic nitrogens is 1. The Kier molecular flexibility index (Phi) is 6.43. The molecule has 0 aliphatic carbocycles. The van der Waals surface area contributed by atoms with E-state index >= 15 is 0 Å². The molecule has 0 unspecified atom stereocenters.